The first kappa shape index (κ1) is 26.8. The summed E-state index contributed by atoms with van der Waals surface area (Å²) in [5.41, 5.74) is 9.76. The van der Waals surface area contributed by atoms with Crippen molar-refractivity contribution in [2.45, 2.75) is 19.3 Å². The normalized spacial score (nSPS) is 13.9. The van der Waals surface area contributed by atoms with Gasteiger partial charge in [-0.1, -0.05) is 0 Å². The highest BCUT2D eigenvalue weighted by Gasteiger charge is 2.18. The van der Waals surface area contributed by atoms with Gasteiger partial charge in [0.2, 0.25) is 0 Å². The minimum Gasteiger partial charge on any atom is -0.369 e. The molecule has 1 amide bonds. The molecule has 5 rings (SSSR count). The topological polar surface area (TPSA) is 89.2 Å². The van der Waals surface area contributed by atoms with E-state index in [9.17, 15) is 4.79 Å². The maximum Gasteiger partial charge on any atom is 0.258 e. The first-order valence-electron chi connectivity index (χ1n) is 11.4. The minimum absolute atomic E-state index is 0. The van der Waals surface area contributed by atoms with Gasteiger partial charge in [0.1, 0.15) is 0 Å². The van der Waals surface area contributed by atoms with Crippen LogP contribution in [0.3, 0.4) is 0 Å². The van der Waals surface area contributed by atoms with Crippen LogP contribution in [0.4, 0.5) is 5.69 Å². The van der Waals surface area contributed by atoms with Gasteiger partial charge in [-0.3, -0.25) is 9.69 Å². The Labute approximate surface area is 221 Å². The van der Waals surface area contributed by atoms with E-state index in [1.165, 1.54) is 34.4 Å². The number of nitrogens with one attached hydrogen (secondary N) is 1. The number of anilines is 1. The van der Waals surface area contributed by atoms with Gasteiger partial charge in [-0.25, -0.2) is 0 Å². The van der Waals surface area contributed by atoms with Crippen LogP contribution in [0.15, 0.2) is 48.7 Å². The predicted octanol–water partition coefficient (Wildman–Crippen LogP) is 5.34. The molecule has 3 N–H and O–H groups in total. The number of benzene rings is 2. The Kier molecular flexibility index (Phi) is 9.03. The summed E-state index contributed by atoms with van der Waals surface area (Å²) in [7, 11) is 0. The largest absolute Gasteiger partial charge is 0.369 e. The van der Waals surface area contributed by atoms with Crippen LogP contribution < -0.4 is 10.6 Å². The molecular formula is C26H29Cl2N5OS. The second-order valence-electron chi connectivity index (χ2n) is 8.67. The van der Waals surface area contributed by atoms with Crippen molar-refractivity contribution < 1.29 is 4.79 Å². The SMILES string of the molecule is Cl.Cl.N#Cc1ccc2[nH]cc(CCCCN3CCN(c4ccc5sc(C(N)=O)cc5c4)CC3)c2c1. The number of aryl methyl sites for hydroxylation is 1. The number of unbranched alkanes of at least 4 members (excludes halogenated alkanes) is 1. The second kappa shape index (κ2) is 11.8. The van der Waals surface area contributed by atoms with E-state index >= 15 is 0 Å². The Morgan fingerprint density at radius 2 is 1.86 bits per heavy atom. The number of nitrogens with two attached hydrogens (primary N) is 1. The Hall–Kier alpha value is -2.76. The molecule has 0 saturated carbocycles. The number of H-pyrrole nitrogens is 1. The summed E-state index contributed by atoms with van der Waals surface area (Å²) in [6.07, 6.45) is 5.42. The highest BCUT2D eigenvalue weighted by atomic mass is 35.5. The minimum atomic E-state index is -0.358. The number of nitrogens with zero attached hydrogens (tertiary/aromatic N) is 3. The number of amides is 1. The van der Waals surface area contributed by atoms with Crippen LogP contribution in [0.25, 0.3) is 21.0 Å². The number of primary amides is 1. The maximum atomic E-state index is 11.5. The van der Waals surface area contributed by atoms with Crippen molar-refractivity contribution >= 4 is 68.7 Å². The average Bonchev–Trinajstić information content (AvgIpc) is 3.45. The Morgan fingerprint density at radius 1 is 1.06 bits per heavy atom. The summed E-state index contributed by atoms with van der Waals surface area (Å²) >= 11 is 1.46. The number of hydrogen-bond donors (Lipinski definition) is 2. The van der Waals surface area contributed by atoms with Gasteiger partial charge in [-0.05, 0) is 79.2 Å². The van der Waals surface area contributed by atoms with E-state index in [1.807, 2.05) is 24.3 Å². The quantitative estimate of drug-likeness (QED) is 0.316. The monoisotopic (exact) mass is 529 g/mol. The molecule has 35 heavy (non-hydrogen) atoms. The van der Waals surface area contributed by atoms with Crippen LogP contribution >= 0.6 is 36.2 Å². The summed E-state index contributed by atoms with van der Waals surface area (Å²) in [6.45, 7) is 5.26. The molecule has 0 bridgehead atoms. The Balaban J connectivity index is 0.00000171. The second-order valence-corrected chi connectivity index (χ2v) is 9.75. The molecule has 9 heteroatoms. The molecule has 1 saturated heterocycles. The van der Waals surface area contributed by atoms with Crippen LogP contribution in [-0.2, 0) is 6.42 Å². The molecule has 6 nitrogen and oxygen atoms in total. The molecule has 1 aliphatic rings. The van der Waals surface area contributed by atoms with Crippen molar-refractivity contribution in [2.75, 3.05) is 37.6 Å². The van der Waals surface area contributed by atoms with Gasteiger partial charge < -0.3 is 15.6 Å². The molecule has 184 valence electrons. The van der Waals surface area contributed by atoms with Gasteiger partial charge in [-0.2, -0.15) is 5.26 Å². The van der Waals surface area contributed by atoms with Gasteiger partial charge in [0.25, 0.3) is 5.91 Å². The van der Waals surface area contributed by atoms with E-state index in [-0.39, 0.29) is 30.7 Å². The summed E-state index contributed by atoms with van der Waals surface area (Å²) in [6, 6.07) is 16.4. The number of thiophene rings is 1. The van der Waals surface area contributed by atoms with Crippen LogP contribution in [0.2, 0.25) is 0 Å². The number of fused-ring (bicyclic) bond motifs is 2. The number of rotatable bonds is 7. The standard InChI is InChI=1S/C26H27N5OS.2ClH/c27-16-18-4-6-23-22(13-18)19(17-29-23)3-1-2-8-30-9-11-31(12-10-30)21-5-7-24-20(14-21)15-25(33-24)26(28)32;;/h4-7,13-15,17,29H,1-3,8-12H2,(H2,28,32);2*1H. The number of hydrogen-bond acceptors (Lipinski definition) is 5. The number of carbonyl (C=O) groups excluding carboxylic acids is 1. The average molecular weight is 531 g/mol. The lowest BCUT2D eigenvalue weighted by Crippen LogP contribution is -2.46. The van der Waals surface area contributed by atoms with Crippen LogP contribution in [-0.4, -0.2) is 48.5 Å². The molecule has 4 aromatic rings. The number of aromatic nitrogens is 1. The molecule has 0 unspecified atom stereocenters. The summed E-state index contributed by atoms with van der Waals surface area (Å²) in [5, 5.41) is 11.4. The zero-order valence-electron chi connectivity index (χ0n) is 19.3. The van der Waals surface area contributed by atoms with Crippen LogP contribution in [0.1, 0.15) is 33.6 Å². The molecule has 0 spiro atoms. The number of nitriles is 1. The molecule has 1 fully saturated rings. The fourth-order valence-electron chi connectivity index (χ4n) is 4.68. The van der Waals surface area contributed by atoms with Crippen molar-refractivity contribution in [1.29, 1.82) is 5.26 Å². The van der Waals surface area contributed by atoms with E-state index in [1.54, 1.807) is 0 Å². The molecular weight excluding hydrogens is 501 g/mol. The highest BCUT2D eigenvalue weighted by molar-refractivity contribution is 7.20. The molecule has 0 atom stereocenters. The van der Waals surface area contributed by atoms with Gasteiger partial charge in [0.15, 0.2) is 0 Å². The molecule has 2 aromatic heterocycles. The third-order valence-electron chi connectivity index (χ3n) is 6.55. The number of aromatic amines is 1. The van der Waals surface area contributed by atoms with Gasteiger partial charge in [0, 0.05) is 53.7 Å². The summed E-state index contributed by atoms with van der Waals surface area (Å²) < 4.78 is 1.10. The van der Waals surface area contributed by atoms with Crippen molar-refractivity contribution in [3.8, 4) is 6.07 Å². The number of halogens is 2. The lowest BCUT2D eigenvalue weighted by Gasteiger charge is -2.36. The molecule has 0 aliphatic carbocycles. The number of piperazine rings is 1. The molecule has 2 aromatic carbocycles. The third-order valence-corrected chi connectivity index (χ3v) is 7.68. The fourth-order valence-corrected chi connectivity index (χ4v) is 5.58. The van der Waals surface area contributed by atoms with Crippen molar-refractivity contribution in [1.82, 2.24) is 9.88 Å². The summed E-state index contributed by atoms with van der Waals surface area (Å²) in [4.78, 5) is 20.4. The summed E-state index contributed by atoms with van der Waals surface area (Å²) in [5.74, 6) is -0.358. The van der Waals surface area contributed by atoms with Crippen molar-refractivity contribution in [2.24, 2.45) is 5.73 Å². The highest BCUT2D eigenvalue weighted by Crippen LogP contribution is 2.30. The van der Waals surface area contributed by atoms with Crippen molar-refractivity contribution in [3.05, 3.63) is 64.7 Å². The van der Waals surface area contributed by atoms with E-state index < -0.39 is 0 Å². The predicted molar refractivity (Wildman–Crippen MR) is 149 cm³/mol. The van der Waals surface area contributed by atoms with E-state index in [0.717, 1.165) is 61.2 Å². The lowest BCUT2D eigenvalue weighted by atomic mass is 10.1. The van der Waals surface area contributed by atoms with Gasteiger partial charge in [0.05, 0.1) is 16.5 Å². The maximum absolute atomic E-state index is 11.5. The molecule has 3 heterocycles. The first-order chi connectivity index (χ1) is 16.1. The fraction of sp³-hybridized carbons (Fsp3) is 0.308. The van der Waals surface area contributed by atoms with Gasteiger partial charge >= 0.3 is 0 Å². The van der Waals surface area contributed by atoms with E-state index in [0.29, 0.717) is 10.4 Å². The molecule has 1 aliphatic heterocycles. The van der Waals surface area contributed by atoms with Crippen LogP contribution in [0, 0.1) is 11.3 Å². The van der Waals surface area contributed by atoms with E-state index in [2.05, 4.69) is 45.2 Å². The zero-order valence-corrected chi connectivity index (χ0v) is 21.8. The Morgan fingerprint density at radius 3 is 2.60 bits per heavy atom. The third kappa shape index (κ3) is 5.91. The molecule has 0 radical (unpaired) electrons. The van der Waals surface area contributed by atoms with Crippen molar-refractivity contribution in [3.63, 3.8) is 0 Å². The number of carbonyl (C=O) groups is 1. The smallest absolute Gasteiger partial charge is 0.258 e. The van der Waals surface area contributed by atoms with E-state index in [4.69, 9.17) is 11.0 Å². The zero-order chi connectivity index (χ0) is 22.8. The lowest BCUT2D eigenvalue weighted by molar-refractivity contribution is 0.100. The first-order valence-corrected chi connectivity index (χ1v) is 12.2. The Bertz CT molecular complexity index is 1350. The van der Waals surface area contributed by atoms with Gasteiger partial charge in [-0.15, -0.1) is 36.2 Å². The van der Waals surface area contributed by atoms with Crippen LogP contribution in [0.5, 0.6) is 0 Å².